The first-order valence-corrected chi connectivity index (χ1v) is 8.36. The van der Waals surface area contributed by atoms with Crippen LogP contribution in [-0.4, -0.2) is 22.0 Å². The molecular formula is C20H17F2N3O. The van der Waals surface area contributed by atoms with Gasteiger partial charge in [-0.15, -0.1) is 0 Å². The normalized spacial score (nSPS) is 16.2. The van der Waals surface area contributed by atoms with Gasteiger partial charge in [0.25, 0.3) is 0 Å². The first-order valence-electron chi connectivity index (χ1n) is 8.36. The van der Waals surface area contributed by atoms with Gasteiger partial charge in [-0.3, -0.25) is 0 Å². The Labute approximate surface area is 149 Å². The third kappa shape index (κ3) is 2.94. The van der Waals surface area contributed by atoms with E-state index in [-0.39, 0.29) is 11.5 Å². The molecule has 1 aliphatic heterocycles. The van der Waals surface area contributed by atoms with Crippen LogP contribution in [-0.2, 0) is 6.54 Å². The molecule has 4 nitrogen and oxygen atoms in total. The fourth-order valence-electron chi connectivity index (χ4n) is 3.38. The highest BCUT2D eigenvalue weighted by atomic mass is 19.1. The molecule has 0 aliphatic carbocycles. The molecule has 0 radical (unpaired) electrons. The number of amides is 2. The van der Waals surface area contributed by atoms with Crippen molar-refractivity contribution in [2.24, 2.45) is 0 Å². The molecule has 0 bridgehead atoms. The van der Waals surface area contributed by atoms with Crippen LogP contribution in [0.25, 0.3) is 0 Å². The fourth-order valence-corrected chi connectivity index (χ4v) is 3.38. The second-order valence-corrected chi connectivity index (χ2v) is 6.19. The molecule has 6 heteroatoms. The van der Waals surface area contributed by atoms with Gasteiger partial charge in [0.05, 0.1) is 11.7 Å². The molecule has 1 atom stereocenters. The van der Waals surface area contributed by atoms with Gasteiger partial charge in [0.1, 0.15) is 11.6 Å². The van der Waals surface area contributed by atoms with E-state index in [1.54, 1.807) is 29.2 Å². The quantitative estimate of drug-likeness (QED) is 0.728. The second-order valence-electron chi connectivity index (χ2n) is 6.19. The van der Waals surface area contributed by atoms with Gasteiger partial charge in [0.15, 0.2) is 0 Å². The molecule has 132 valence electrons. The number of hydrogen-bond acceptors (Lipinski definition) is 1. The average Bonchev–Trinajstić information content (AvgIpc) is 3.11. The van der Waals surface area contributed by atoms with Crippen molar-refractivity contribution < 1.29 is 13.6 Å². The van der Waals surface area contributed by atoms with E-state index in [1.165, 1.54) is 24.3 Å². The first kappa shape index (κ1) is 16.3. The van der Waals surface area contributed by atoms with Gasteiger partial charge in [-0.25, -0.2) is 13.6 Å². The smallest absolute Gasteiger partial charge is 0.322 e. The highest BCUT2D eigenvalue weighted by molar-refractivity contribution is 5.90. The number of fused-ring (bicyclic) bond motifs is 1. The molecule has 2 amide bonds. The van der Waals surface area contributed by atoms with Crippen molar-refractivity contribution in [2.45, 2.75) is 12.6 Å². The molecule has 26 heavy (non-hydrogen) atoms. The van der Waals surface area contributed by atoms with Crippen LogP contribution in [0, 0.1) is 11.6 Å². The molecule has 1 aliphatic rings. The molecule has 0 spiro atoms. The molecule has 0 saturated heterocycles. The maximum absolute atomic E-state index is 13.9. The SMILES string of the molecule is O=C(Nc1ccccc1F)N1CCn2cccc2C1c1cccc(F)c1. The van der Waals surface area contributed by atoms with E-state index < -0.39 is 17.9 Å². The number of urea groups is 1. The lowest BCUT2D eigenvalue weighted by Crippen LogP contribution is -2.44. The lowest BCUT2D eigenvalue weighted by molar-refractivity contribution is 0.181. The van der Waals surface area contributed by atoms with Crippen LogP contribution in [0.3, 0.4) is 0 Å². The topological polar surface area (TPSA) is 37.3 Å². The number of nitrogens with zero attached hydrogens (tertiary/aromatic N) is 2. The van der Waals surface area contributed by atoms with Crippen molar-refractivity contribution in [1.82, 2.24) is 9.47 Å². The van der Waals surface area contributed by atoms with Gasteiger partial charge >= 0.3 is 6.03 Å². The number of benzene rings is 2. The Morgan fingerprint density at radius 2 is 1.85 bits per heavy atom. The summed E-state index contributed by atoms with van der Waals surface area (Å²) in [6.07, 6.45) is 1.94. The Bertz CT molecular complexity index is 953. The van der Waals surface area contributed by atoms with E-state index >= 15 is 0 Å². The molecule has 0 saturated carbocycles. The minimum Gasteiger partial charge on any atom is -0.348 e. The van der Waals surface area contributed by atoms with Crippen LogP contribution in [0.1, 0.15) is 17.3 Å². The summed E-state index contributed by atoms with van der Waals surface area (Å²) in [7, 11) is 0. The molecule has 1 N–H and O–H groups in total. The summed E-state index contributed by atoms with van der Waals surface area (Å²) >= 11 is 0. The van der Waals surface area contributed by atoms with E-state index in [4.69, 9.17) is 0 Å². The third-order valence-electron chi connectivity index (χ3n) is 4.58. The summed E-state index contributed by atoms with van der Waals surface area (Å²) in [5.74, 6) is -0.857. The summed E-state index contributed by atoms with van der Waals surface area (Å²) in [6, 6.07) is 15.2. The summed E-state index contributed by atoms with van der Waals surface area (Å²) in [4.78, 5) is 14.5. The minimum atomic E-state index is -0.497. The zero-order chi connectivity index (χ0) is 18.1. The van der Waals surface area contributed by atoms with Gasteiger partial charge in [-0.1, -0.05) is 24.3 Å². The number of carbonyl (C=O) groups is 1. The van der Waals surface area contributed by atoms with Gasteiger partial charge in [-0.2, -0.15) is 0 Å². The number of rotatable bonds is 2. The highest BCUT2D eigenvalue weighted by Crippen LogP contribution is 2.33. The van der Waals surface area contributed by atoms with Crippen LogP contribution in [0.5, 0.6) is 0 Å². The molecule has 4 rings (SSSR count). The van der Waals surface area contributed by atoms with E-state index in [0.29, 0.717) is 18.7 Å². The van der Waals surface area contributed by atoms with Crippen molar-refractivity contribution in [3.05, 3.63) is 89.8 Å². The summed E-state index contributed by atoms with van der Waals surface area (Å²) in [5.41, 5.74) is 1.69. The van der Waals surface area contributed by atoms with Crippen LogP contribution in [0.4, 0.5) is 19.3 Å². The van der Waals surface area contributed by atoms with Crippen LogP contribution < -0.4 is 5.32 Å². The summed E-state index contributed by atoms with van der Waals surface area (Å²) < 4.78 is 29.7. The maximum Gasteiger partial charge on any atom is 0.322 e. The number of aromatic nitrogens is 1. The molecule has 2 aromatic carbocycles. The van der Waals surface area contributed by atoms with Crippen molar-refractivity contribution in [1.29, 1.82) is 0 Å². The number of nitrogens with one attached hydrogen (secondary N) is 1. The lowest BCUT2D eigenvalue weighted by atomic mass is 10.00. The molecule has 0 fully saturated rings. The molecular weight excluding hydrogens is 336 g/mol. The van der Waals surface area contributed by atoms with E-state index in [2.05, 4.69) is 5.32 Å². The first-order chi connectivity index (χ1) is 12.6. The lowest BCUT2D eigenvalue weighted by Gasteiger charge is -2.37. The number of hydrogen-bond donors (Lipinski definition) is 1. The Morgan fingerprint density at radius 1 is 1.00 bits per heavy atom. The predicted octanol–water partition coefficient (Wildman–Crippen LogP) is 4.40. The maximum atomic E-state index is 13.9. The largest absolute Gasteiger partial charge is 0.348 e. The molecule has 1 unspecified atom stereocenters. The van der Waals surface area contributed by atoms with E-state index in [1.807, 2.05) is 22.9 Å². The molecule has 1 aromatic heterocycles. The molecule has 2 heterocycles. The van der Waals surface area contributed by atoms with Crippen LogP contribution in [0.2, 0.25) is 0 Å². The standard InChI is InChI=1S/C20H17F2N3O/c21-15-6-3-5-14(13-15)19-18-9-4-10-24(18)11-12-25(19)20(26)23-17-8-2-1-7-16(17)22/h1-10,13,19H,11-12H2,(H,23,26). The second kappa shape index (κ2) is 6.63. The monoisotopic (exact) mass is 353 g/mol. The van der Waals surface area contributed by atoms with E-state index in [0.717, 1.165) is 5.69 Å². The van der Waals surface area contributed by atoms with Gasteiger partial charge in [0.2, 0.25) is 0 Å². The van der Waals surface area contributed by atoms with Gasteiger partial charge < -0.3 is 14.8 Å². The Hall–Kier alpha value is -3.15. The highest BCUT2D eigenvalue weighted by Gasteiger charge is 2.32. The fraction of sp³-hybridized carbons (Fsp3) is 0.150. The van der Waals surface area contributed by atoms with E-state index in [9.17, 15) is 13.6 Å². The van der Waals surface area contributed by atoms with Crippen LogP contribution >= 0.6 is 0 Å². The van der Waals surface area contributed by atoms with Crippen LogP contribution in [0.15, 0.2) is 66.9 Å². The number of para-hydroxylation sites is 1. The zero-order valence-electron chi connectivity index (χ0n) is 13.9. The summed E-state index contributed by atoms with van der Waals surface area (Å²) in [6.45, 7) is 1.06. The minimum absolute atomic E-state index is 0.122. The Morgan fingerprint density at radius 3 is 2.65 bits per heavy atom. The number of carbonyl (C=O) groups excluding carboxylic acids is 1. The molecule has 3 aromatic rings. The van der Waals surface area contributed by atoms with Crippen molar-refractivity contribution in [3.63, 3.8) is 0 Å². The zero-order valence-corrected chi connectivity index (χ0v) is 13.9. The van der Waals surface area contributed by atoms with Gasteiger partial charge in [-0.05, 0) is 42.0 Å². The van der Waals surface area contributed by atoms with Crippen molar-refractivity contribution in [3.8, 4) is 0 Å². The number of anilines is 1. The number of halogens is 2. The third-order valence-corrected chi connectivity index (χ3v) is 4.58. The Balaban J connectivity index is 1.70. The van der Waals surface area contributed by atoms with Gasteiger partial charge in [0, 0.05) is 25.0 Å². The Kier molecular flexibility index (Phi) is 4.16. The summed E-state index contributed by atoms with van der Waals surface area (Å²) in [5, 5.41) is 2.63. The van der Waals surface area contributed by atoms with Crippen molar-refractivity contribution in [2.75, 3.05) is 11.9 Å². The van der Waals surface area contributed by atoms with Crippen molar-refractivity contribution >= 4 is 11.7 Å². The average molecular weight is 353 g/mol. The predicted molar refractivity (Wildman–Crippen MR) is 94.8 cm³/mol.